The van der Waals surface area contributed by atoms with Crippen LogP contribution in [0.4, 0.5) is 29.5 Å². The molecule has 18 heteroatoms. The van der Waals surface area contributed by atoms with Crippen LogP contribution in [0.15, 0.2) is 60.8 Å². The number of benzene rings is 3. The third-order valence-electron chi connectivity index (χ3n) is 12.0. The lowest BCUT2D eigenvalue weighted by molar-refractivity contribution is -0.274. The molecule has 332 valence electrons. The molecule has 1 aliphatic carbocycles. The van der Waals surface area contributed by atoms with Gasteiger partial charge in [-0.05, 0) is 79.3 Å². The molecule has 0 spiro atoms. The van der Waals surface area contributed by atoms with E-state index in [4.69, 9.17) is 21.3 Å². The molecular weight excluding hydrogens is 841 g/mol. The highest BCUT2D eigenvalue weighted by Gasteiger charge is 2.41. The van der Waals surface area contributed by atoms with E-state index >= 15 is 0 Å². The molecule has 0 bridgehead atoms. The molecule has 2 saturated heterocycles. The summed E-state index contributed by atoms with van der Waals surface area (Å²) in [6.45, 7) is 9.97. The summed E-state index contributed by atoms with van der Waals surface area (Å²) < 4.78 is 51.0. The second kappa shape index (κ2) is 17.2. The number of hydrogen-bond acceptors (Lipinski definition) is 9. The van der Waals surface area contributed by atoms with Crippen molar-refractivity contribution in [3.8, 4) is 16.9 Å². The van der Waals surface area contributed by atoms with E-state index < -0.39 is 36.2 Å². The predicted octanol–water partition coefficient (Wildman–Crippen LogP) is 8.32. The van der Waals surface area contributed by atoms with Crippen LogP contribution in [0.25, 0.3) is 32.9 Å². The second-order valence-corrected chi connectivity index (χ2v) is 17.5. The molecule has 63 heavy (non-hydrogen) atoms. The van der Waals surface area contributed by atoms with Crippen molar-refractivity contribution in [1.82, 2.24) is 30.1 Å². The van der Waals surface area contributed by atoms with E-state index in [0.717, 1.165) is 18.9 Å². The molecule has 4 heterocycles. The summed E-state index contributed by atoms with van der Waals surface area (Å²) in [5.74, 6) is 0.0519. The Labute approximate surface area is 366 Å². The average molecular weight is 889 g/mol. The minimum absolute atomic E-state index is 0.0123. The topological polar surface area (TPSA) is 162 Å². The number of nitrogens with one attached hydrogen (secondary N) is 3. The van der Waals surface area contributed by atoms with Crippen LogP contribution in [0.1, 0.15) is 69.2 Å². The van der Waals surface area contributed by atoms with Gasteiger partial charge in [-0.1, -0.05) is 50.6 Å². The highest BCUT2D eigenvalue weighted by molar-refractivity contribution is 6.34. The third-order valence-corrected chi connectivity index (χ3v) is 12.3. The van der Waals surface area contributed by atoms with E-state index in [2.05, 4.69) is 30.2 Å². The number of methoxy groups -OCH3 is 1. The van der Waals surface area contributed by atoms with Crippen LogP contribution in [0.5, 0.6) is 5.75 Å². The molecule has 3 fully saturated rings. The summed E-state index contributed by atoms with van der Waals surface area (Å²) >= 11 is 6.66. The molecule has 4 unspecified atom stereocenters. The van der Waals surface area contributed by atoms with Crippen molar-refractivity contribution in [2.75, 3.05) is 43.5 Å². The van der Waals surface area contributed by atoms with Gasteiger partial charge in [-0.25, -0.2) is 14.8 Å². The van der Waals surface area contributed by atoms with Gasteiger partial charge in [0.05, 0.1) is 40.5 Å². The lowest BCUT2D eigenvalue weighted by Gasteiger charge is -2.40. The van der Waals surface area contributed by atoms with Gasteiger partial charge in [-0.15, -0.1) is 13.2 Å². The zero-order valence-corrected chi connectivity index (χ0v) is 36.1. The summed E-state index contributed by atoms with van der Waals surface area (Å²) in [6.07, 6.45) is -1.84. The van der Waals surface area contributed by atoms with Crippen LogP contribution in [-0.2, 0) is 14.3 Å². The van der Waals surface area contributed by atoms with Crippen molar-refractivity contribution in [1.29, 1.82) is 0 Å². The maximum Gasteiger partial charge on any atom is 0.573 e. The first kappa shape index (κ1) is 43.5. The van der Waals surface area contributed by atoms with Crippen molar-refractivity contribution in [2.45, 2.75) is 71.4 Å². The maximum absolute atomic E-state index is 13.9. The number of pyridine rings is 1. The first-order valence-electron chi connectivity index (χ1n) is 21.0. The van der Waals surface area contributed by atoms with Crippen molar-refractivity contribution < 1.29 is 41.8 Å². The van der Waals surface area contributed by atoms with Gasteiger partial charge in [0.15, 0.2) is 0 Å². The zero-order chi connectivity index (χ0) is 44.9. The molecule has 3 aliphatic rings. The highest BCUT2D eigenvalue weighted by atomic mass is 35.5. The molecule has 5 aromatic rings. The molecule has 2 aliphatic heterocycles. The van der Waals surface area contributed by atoms with Crippen molar-refractivity contribution >= 4 is 68.7 Å². The standard InChI is InChI=1S/C45H48ClF3N8O6/c1-23(2)38(54-44(61)62-5)43(60)57-21-24(3)16-35(57)40-51-33-12-9-27-17-28(8-11-30(27)39(33)53-40)31-18-32(46)34(19-36(31)63-45(47,48)49)52-41(58)29-10-13-37(50-20-29)56-15-14-55(22-25(56)4)42(59)26-6-7-26/h8-13,17-20,23-26,35,38H,6-7,14-16,21-22H2,1-5H3,(H,51,53)(H,52,58)(H,54,61). The number of aromatic amines is 1. The van der Waals surface area contributed by atoms with E-state index in [0.29, 0.717) is 71.6 Å². The van der Waals surface area contributed by atoms with Crippen LogP contribution in [0.3, 0.4) is 0 Å². The monoisotopic (exact) mass is 888 g/mol. The van der Waals surface area contributed by atoms with Gasteiger partial charge < -0.3 is 39.8 Å². The number of ether oxygens (including phenoxy) is 2. The molecule has 1 saturated carbocycles. The number of aromatic nitrogens is 3. The number of amides is 4. The number of alkyl carbamates (subject to hydrolysis) is 1. The molecule has 4 amide bonds. The first-order chi connectivity index (χ1) is 30.0. The third kappa shape index (κ3) is 9.19. The Morgan fingerprint density at radius 3 is 2.43 bits per heavy atom. The summed E-state index contributed by atoms with van der Waals surface area (Å²) in [5, 5.41) is 6.62. The summed E-state index contributed by atoms with van der Waals surface area (Å²) in [5.41, 5.74) is 1.77. The number of rotatable bonds is 10. The number of hydrogen-bond donors (Lipinski definition) is 3. The smallest absolute Gasteiger partial charge is 0.453 e. The van der Waals surface area contributed by atoms with Crippen LogP contribution in [0, 0.1) is 17.8 Å². The number of carbonyl (C=O) groups is 4. The number of imidazole rings is 1. The van der Waals surface area contributed by atoms with E-state index in [9.17, 15) is 32.3 Å². The van der Waals surface area contributed by atoms with E-state index in [-0.39, 0.29) is 57.4 Å². The van der Waals surface area contributed by atoms with Crippen LogP contribution < -0.4 is 20.3 Å². The lowest BCUT2D eigenvalue weighted by Crippen LogP contribution is -2.54. The number of halogens is 4. The van der Waals surface area contributed by atoms with Crippen molar-refractivity contribution in [2.24, 2.45) is 17.8 Å². The van der Waals surface area contributed by atoms with Gasteiger partial charge >= 0.3 is 12.5 Å². The molecule has 8 rings (SSSR count). The Morgan fingerprint density at radius 2 is 1.76 bits per heavy atom. The van der Waals surface area contributed by atoms with Crippen molar-refractivity contribution in [3.05, 3.63) is 77.2 Å². The number of anilines is 2. The lowest BCUT2D eigenvalue weighted by atomic mass is 9.99. The van der Waals surface area contributed by atoms with E-state index in [1.807, 2.05) is 44.7 Å². The minimum atomic E-state index is -5.07. The maximum atomic E-state index is 13.9. The number of alkyl halides is 3. The van der Waals surface area contributed by atoms with E-state index in [1.54, 1.807) is 35.2 Å². The van der Waals surface area contributed by atoms with Crippen LogP contribution in [0.2, 0.25) is 5.02 Å². The number of H-pyrrole nitrogens is 1. The SMILES string of the molecule is COC(=O)NC(C(=O)N1CC(C)CC1c1nc2c(ccc3cc(-c4cc(Cl)c(NC(=O)c5ccc(N6CCN(C(=O)C7CC7)CC6C)nc5)cc4OC(F)(F)F)ccc32)[nH]1)C(C)C. The molecular formula is C45H48ClF3N8O6. The highest BCUT2D eigenvalue weighted by Crippen LogP contribution is 2.42. The molecule has 2 aromatic heterocycles. The minimum Gasteiger partial charge on any atom is -0.453 e. The quantitative estimate of drug-likeness (QED) is 0.125. The van der Waals surface area contributed by atoms with Gasteiger partial charge in [0.25, 0.3) is 5.91 Å². The summed E-state index contributed by atoms with van der Waals surface area (Å²) in [6, 6.07) is 13.2. The van der Waals surface area contributed by atoms with Gasteiger partial charge in [0, 0.05) is 61.4 Å². The predicted molar refractivity (Wildman–Crippen MR) is 231 cm³/mol. The Hall–Kier alpha value is -6.10. The Kier molecular flexibility index (Phi) is 11.9. The molecule has 14 nitrogen and oxygen atoms in total. The summed E-state index contributed by atoms with van der Waals surface area (Å²) in [7, 11) is 1.24. The molecule has 3 N–H and O–H groups in total. The fraction of sp³-hybridized carbons (Fsp3) is 0.422. The van der Waals surface area contributed by atoms with E-state index in [1.165, 1.54) is 19.4 Å². The Morgan fingerprint density at radius 1 is 0.984 bits per heavy atom. The van der Waals surface area contributed by atoms with Gasteiger partial charge in [-0.2, -0.15) is 0 Å². The normalized spacial score (nSPS) is 19.7. The first-order valence-corrected chi connectivity index (χ1v) is 21.4. The van der Waals surface area contributed by atoms with Crippen molar-refractivity contribution in [3.63, 3.8) is 0 Å². The van der Waals surface area contributed by atoms with Gasteiger partial charge in [-0.3, -0.25) is 14.4 Å². The Bertz CT molecular complexity index is 2580. The number of carbonyl (C=O) groups excluding carboxylic acids is 4. The molecule has 4 atom stereocenters. The zero-order valence-electron chi connectivity index (χ0n) is 35.4. The van der Waals surface area contributed by atoms with Crippen LogP contribution >= 0.6 is 11.6 Å². The number of fused-ring (bicyclic) bond motifs is 3. The number of likely N-dealkylation sites (tertiary alicyclic amines) is 1. The second-order valence-electron chi connectivity index (χ2n) is 17.1. The fourth-order valence-electron chi connectivity index (χ4n) is 8.63. The molecule has 3 aromatic carbocycles. The molecule has 0 radical (unpaired) electrons. The fourth-order valence-corrected chi connectivity index (χ4v) is 8.84. The van der Waals surface area contributed by atoms with Gasteiger partial charge in [0.1, 0.15) is 23.4 Å². The van der Waals surface area contributed by atoms with Gasteiger partial charge in [0.2, 0.25) is 11.8 Å². The largest absolute Gasteiger partial charge is 0.573 e. The summed E-state index contributed by atoms with van der Waals surface area (Å²) in [4.78, 5) is 70.4. The van der Waals surface area contributed by atoms with Crippen LogP contribution in [-0.4, -0.2) is 100 Å². The number of piperazine rings is 1. The number of nitrogens with zero attached hydrogens (tertiary/aromatic N) is 5. The Balaban J connectivity index is 1.02. The average Bonchev–Trinajstić information content (AvgIpc) is 3.89.